The lowest BCUT2D eigenvalue weighted by molar-refractivity contribution is -0.143. The van der Waals surface area contributed by atoms with Crippen molar-refractivity contribution in [3.63, 3.8) is 0 Å². The number of phenolic OH excluding ortho intramolecular Hbond substituents is 1. The van der Waals surface area contributed by atoms with Crippen LogP contribution in [0.25, 0.3) is 11.1 Å². The van der Waals surface area contributed by atoms with Crippen LogP contribution < -0.4 is 4.74 Å². The van der Waals surface area contributed by atoms with Crippen LogP contribution in [0, 0.1) is 29.1 Å². The van der Waals surface area contributed by atoms with Crippen molar-refractivity contribution in [2.45, 2.75) is 54.4 Å². The van der Waals surface area contributed by atoms with Gasteiger partial charge in [0, 0.05) is 24.3 Å². The first-order valence-electron chi connectivity index (χ1n) is 13.0. The minimum atomic E-state index is -5.28. The smallest absolute Gasteiger partial charge is 0.422 e. The van der Waals surface area contributed by atoms with Gasteiger partial charge < -0.3 is 9.84 Å². The summed E-state index contributed by atoms with van der Waals surface area (Å²) in [6.07, 6.45) is -8.53. The molecule has 0 atom stereocenters. The molecule has 0 heterocycles. The van der Waals surface area contributed by atoms with E-state index in [9.17, 15) is 53.1 Å². The molecule has 3 nitrogen and oxygen atoms in total. The highest BCUT2D eigenvalue weighted by Crippen LogP contribution is 2.37. The van der Waals surface area contributed by atoms with Gasteiger partial charge in [-0.25, -0.2) is 26.7 Å². The van der Waals surface area contributed by atoms with E-state index < -0.39 is 75.6 Å². The van der Waals surface area contributed by atoms with E-state index in [0.29, 0.717) is 11.1 Å². The molecule has 4 rings (SSSR count). The van der Waals surface area contributed by atoms with Crippen molar-refractivity contribution in [2.75, 3.05) is 5.34 Å². The Balaban J connectivity index is 0. The summed E-state index contributed by atoms with van der Waals surface area (Å²) in [6.45, 7) is 2.04. The Morgan fingerprint density at radius 1 is 0.686 bits per heavy atom. The molecule has 0 fully saturated rings. The molecule has 0 aromatic heterocycles. The van der Waals surface area contributed by atoms with Gasteiger partial charge in [-0.2, -0.15) is 26.3 Å². The number of halogens is 14. The van der Waals surface area contributed by atoms with Crippen LogP contribution in [0.2, 0.25) is 5.02 Å². The molecule has 51 heavy (non-hydrogen) atoms. The number of esters is 1. The van der Waals surface area contributed by atoms with Crippen LogP contribution in [0.1, 0.15) is 62.7 Å². The molecule has 0 unspecified atom stereocenters. The van der Waals surface area contributed by atoms with Crippen molar-refractivity contribution < 1.29 is 62.9 Å². The number of benzene rings is 4. The highest BCUT2D eigenvalue weighted by atomic mass is 35.5. The maximum absolute atomic E-state index is 14.6. The summed E-state index contributed by atoms with van der Waals surface area (Å²) in [6, 6.07) is 10.4. The summed E-state index contributed by atoms with van der Waals surface area (Å²) in [4.78, 5) is 12.3. The SMILES string of the molecule is C.C.C.CCCc1ccc(-c2cc(F)c(C(=O)Oc3cc(F)c(C(F)(F)F)c(F)c3)c(Cl)c2)cc1.ClCCl.Oc1cc(F)c(C(F)(F)F)c(F)c1. The number of rotatable bonds is 5. The fraction of sp³-hybridized carbons (Fsp3) is 0.265. The molecule has 284 valence electrons. The number of carbonyl (C=O) groups is 1. The number of aromatic hydroxyl groups is 1. The van der Waals surface area contributed by atoms with Crippen molar-refractivity contribution in [3.05, 3.63) is 117 Å². The van der Waals surface area contributed by atoms with Crippen LogP contribution in [0.15, 0.2) is 60.7 Å². The van der Waals surface area contributed by atoms with E-state index in [1.165, 1.54) is 6.07 Å². The van der Waals surface area contributed by atoms with E-state index in [1.807, 2.05) is 19.1 Å². The molecule has 0 aliphatic heterocycles. The largest absolute Gasteiger partial charge is 0.508 e. The number of hydrogen-bond donors (Lipinski definition) is 1. The molecule has 0 aliphatic carbocycles. The van der Waals surface area contributed by atoms with E-state index in [4.69, 9.17) is 39.9 Å². The maximum atomic E-state index is 14.6. The molecule has 4 aromatic carbocycles. The van der Waals surface area contributed by atoms with Gasteiger partial charge in [-0.3, -0.25) is 0 Å². The van der Waals surface area contributed by atoms with Gasteiger partial charge in [0.1, 0.15) is 57.3 Å². The van der Waals surface area contributed by atoms with E-state index >= 15 is 0 Å². The molecule has 0 radical (unpaired) electrons. The van der Waals surface area contributed by atoms with Crippen molar-refractivity contribution in [2.24, 2.45) is 0 Å². The topological polar surface area (TPSA) is 46.5 Å². The summed E-state index contributed by atoms with van der Waals surface area (Å²) in [7, 11) is 0. The summed E-state index contributed by atoms with van der Waals surface area (Å²) in [5.74, 6) is -11.9. The van der Waals surface area contributed by atoms with Gasteiger partial charge in [0.2, 0.25) is 0 Å². The van der Waals surface area contributed by atoms with Crippen LogP contribution in [0.3, 0.4) is 0 Å². The van der Waals surface area contributed by atoms with Crippen molar-refractivity contribution in [1.82, 2.24) is 0 Å². The number of ether oxygens (including phenoxy) is 1. The minimum Gasteiger partial charge on any atom is -0.508 e. The number of hydrogen-bond acceptors (Lipinski definition) is 3. The van der Waals surface area contributed by atoms with Crippen LogP contribution in [-0.2, 0) is 18.8 Å². The minimum absolute atomic E-state index is 0. The molecule has 0 spiro atoms. The summed E-state index contributed by atoms with van der Waals surface area (Å²) in [5, 5.41) is 8.39. The lowest BCUT2D eigenvalue weighted by Gasteiger charge is -2.12. The number of alkyl halides is 8. The maximum Gasteiger partial charge on any atom is 0.422 e. The van der Waals surface area contributed by atoms with Gasteiger partial charge in [0.05, 0.1) is 10.4 Å². The summed E-state index contributed by atoms with van der Waals surface area (Å²) >= 11 is 15.6. The van der Waals surface area contributed by atoms with Gasteiger partial charge in [0.15, 0.2) is 0 Å². The van der Waals surface area contributed by atoms with Gasteiger partial charge in [-0.1, -0.05) is 71.5 Å². The lowest BCUT2D eigenvalue weighted by atomic mass is 10.0. The van der Waals surface area contributed by atoms with Gasteiger partial charge in [0.25, 0.3) is 0 Å². The highest BCUT2D eigenvalue weighted by Gasteiger charge is 2.39. The van der Waals surface area contributed by atoms with Crippen molar-refractivity contribution in [1.29, 1.82) is 0 Å². The molecular formula is C34H32Cl3F11O3. The second-order valence-corrected chi connectivity index (χ2v) is 10.5. The second kappa shape index (κ2) is 20.9. The summed E-state index contributed by atoms with van der Waals surface area (Å²) in [5.41, 5.74) is -2.74. The molecule has 0 aliphatic rings. The Morgan fingerprint density at radius 3 is 1.47 bits per heavy atom. The Bertz CT molecular complexity index is 1660. The lowest BCUT2D eigenvalue weighted by Crippen LogP contribution is -2.15. The molecular weight excluding hydrogens is 772 g/mol. The predicted octanol–water partition coefficient (Wildman–Crippen LogP) is 13.6. The van der Waals surface area contributed by atoms with Crippen molar-refractivity contribution in [3.8, 4) is 22.6 Å². The van der Waals surface area contributed by atoms with Crippen LogP contribution >= 0.6 is 34.8 Å². The Hall–Kier alpha value is -3.75. The van der Waals surface area contributed by atoms with Crippen LogP contribution in [0.5, 0.6) is 11.5 Å². The number of phenols is 1. The van der Waals surface area contributed by atoms with Crippen LogP contribution in [-0.4, -0.2) is 16.4 Å². The normalized spacial score (nSPS) is 10.6. The molecule has 1 N–H and O–H groups in total. The van der Waals surface area contributed by atoms with E-state index in [2.05, 4.69) is 4.74 Å². The Kier molecular flexibility index (Phi) is 20.3. The average Bonchev–Trinajstić information content (AvgIpc) is 2.91. The molecule has 4 aromatic rings. The second-order valence-electron chi connectivity index (χ2n) is 9.29. The molecule has 17 heteroatoms. The average molecular weight is 804 g/mol. The standard InChI is InChI=1S/C23H15ClF6O2.C7H3F5O.CH2Cl2.3CH4/c1-2-3-12-4-6-13(7-5-12)14-8-16(24)20(17(25)9-14)22(31)32-15-10-18(26)21(19(27)11-15)23(28,29)30;8-4-1-3(13)2-5(9)6(4)7(10,11)12;2-1-3;;;/h4-11H,2-3H2,1H3;1-2,13H;1H2;3*1H4. The van der Waals surface area contributed by atoms with Crippen molar-refractivity contribution >= 4 is 40.8 Å². The van der Waals surface area contributed by atoms with Crippen LogP contribution in [0.4, 0.5) is 48.3 Å². The highest BCUT2D eigenvalue weighted by molar-refractivity contribution is 6.40. The first kappa shape index (κ1) is 49.4. The molecule has 0 saturated heterocycles. The fourth-order valence-corrected chi connectivity index (χ4v) is 4.24. The van der Waals surface area contributed by atoms with Gasteiger partial charge in [-0.05, 0) is 35.2 Å². The zero-order valence-electron chi connectivity index (χ0n) is 24.0. The van der Waals surface area contributed by atoms with E-state index in [1.54, 1.807) is 12.1 Å². The van der Waals surface area contributed by atoms with Gasteiger partial charge >= 0.3 is 18.3 Å². The first-order chi connectivity index (χ1) is 22.2. The third-order valence-corrected chi connectivity index (χ3v) is 6.19. The Morgan fingerprint density at radius 2 is 1.10 bits per heavy atom. The van der Waals surface area contributed by atoms with E-state index in [-0.39, 0.29) is 56.9 Å². The third-order valence-electron chi connectivity index (χ3n) is 5.89. The first-order valence-corrected chi connectivity index (χ1v) is 14.4. The Labute approximate surface area is 302 Å². The quantitative estimate of drug-likeness (QED) is 0.0946. The molecule has 0 amide bonds. The molecule has 0 saturated carbocycles. The zero-order valence-corrected chi connectivity index (χ0v) is 26.2. The zero-order chi connectivity index (χ0) is 36.6. The summed E-state index contributed by atoms with van der Waals surface area (Å²) < 4.78 is 145. The fourth-order valence-electron chi connectivity index (χ4n) is 3.96. The monoisotopic (exact) mass is 802 g/mol. The number of carbonyl (C=O) groups excluding carboxylic acids is 1. The number of aryl methyl sites for hydroxylation is 1. The van der Waals surface area contributed by atoms with Gasteiger partial charge in [-0.15, -0.1) is 23.2 Å². The predicted molar refractivity (Wildman–Crippen MR) is 177 cm³/mol. The molecule has 0 bridgehead atoms. The third kappa shape index (κ3) is 13.7. The van der Waals surface area contributed by atoms with E-state index in [0.717, 1.165) is 24.5 Å².